The summed E-state index contributed by atoms with van der Waals surface area (Å²) in [5.41, 5.74) is 0.887. The first-order chi connectivity index (χ1) is 9.60. The highest BCUT2D eigenvalue weighted by molar-refractivity contribution is 7.11. The lowest BCUT2D eigenvalue weighted by molar-refractivity contribution is -0.136. The molecule has 20 heavy (non-hydrogen) atoms. The van der Waals surface area contributed by atoms with Crippen LogP contribution in [0, 0.1) is 6.92 Å². The molecule has 2 rings (SSSR count). The predicted octanol–water partition coefficient (Wildman–Crippen LogP) is 2.89. The van der Waals surface area contributed by atoms with E-state index in [1.54, 1.807) is 11.3 Å². The Morgan fingerprint density at radius 2 is 2.30 bits per heavy atom. The SMILES string of the molecule is CCC1CCCCN1CCc1nc(C)c(CC(=O)O)s1. The van der Waals surface area contributed by atoms with Crippen LogP contribution in [0.15, 0.2) is 0 Å². The number of hydrogen-bond donors (Lipinski definition) is 1. The standard InChI is InChI=1S/C15H24N2O2S/c1-3-12-6-4-5-8-17(12)9-7-14-16-11(2)13(20-14)10-15(18)19/h12H,3-10H2,1-2H3,(H,18,19). The lowest BCUT2D eigenvalue weighted by Crippen LogP contribution is -2.40. The summed E-state index contributed by atoms with van der Waals surface area (Å²) < 4.78 is 0. The lowest BCUT2D eigenvalue weighted by atomic mass is 10.00. The topological polar surface area (TPSA) is 53.4 Å². The van der Waals surface area contributed by atoms with Crippen LogP contribution in [0.5, 0.6) is 0 Å². The fraction of sp³-hybridized carbons (Fsp3) is 0.733. The van der Waals surface area contributed by atoms with Crippen molar-refractivity contribution in [3.63, 3.8) is 0 Å². The van der Waals surface area contributed by atoms with Gasteiger partial charge < -0.3 is 5.11 Å². The second-order valence-corrected chi connectivity index (χ2v) is 6.70. The molecule has 1 fully saturated rings. The summed E-state index contributed by atoms with van der Waals surface area (Å²) >= 11 is 1.57. The molecule has 112 valence electrons. The van der Waals surface area contributed by atoms with Crippen molar-refractivity contribution in [2.75, 3.05) is 13.1 Å². The van der Waals surface area contributed by atoms with Gasteiger partial charge in [0.2, 0.25) is 0 Å². The number of piperidine rings is 1. The number of aromatic nitrogens is 1. The van der Waals surface area contributed by atoms with Crippen LogP contribution in [0.4, 0.5) is 0 Å². The Bertz CT molecular complexity index is 459. The van der Waals surface area contributed by atoms with Gasteiger partial charge in [-0.15, -0.1) is 11.3 Å². The summed E-state index contributed by atoms with van der Waals surface area (Å²) in [6.07, 6.45) is 6.25. The van der Waals surface area contributed by atoms with E-state index < -0.39 is 5.97 Å². The molecular formula is C15H24N2O2S. The van der Waals surface area contributed by atoms with Crippen molar-refractivity contribution in [3.05, 3.63) is 15.6 Å². The number of carbonyl (C=O) groups is 1. The number of aliphatic carboxylic acids is 1. The number of aryl methyl sites for hydroxylation is 1. The minimum absolute atomic E-state index is 0.102. The zero-order chi connectivity index (χ0) is 14.5. The molecule has 0 spiro atoms. The first-order valence-electron chi connectivity index (χ1n) is 7.51. The van der Waals surface area contributed by atoms with E-state index in [0.29, 0.717) is 0 Å². The molecule has 2 heterocycles. The molecule has 0 bridgehead atoms. The van der Waals surface area contributed by atoms with Crippen LogP contribution in [0.1, 0.15) is 48.2 Å². The van der Waals surface area contributed by atoms with Crippen LogP contribution in [0.3, 0.4) is 0 Å². The Hall–Kier alpha value is -0.940. The quantitative estimate of drug-likeness (QED) is 0.877. The fourth-order valence-electron chi connectivity index (χ4n) is 2.95. The van der Waals surface area contributed by atoms with Gasteiger partial charge in [0.1, 0.15) is 0 Å². The zero-order valence-electron chi connectivity index (χ0n) is 12.4. The molecule has 0 amide bonds. The molecule has 1 aliphatic rings. The average molecular weight is 296 g/mol. The number of rotatable bonds is 6. The van der Waals surface area contributed by atoms with Gasteiger partial charge in [-0.3, -0.25) is 9.69 Å². The summed E-state index contributed by atoms with van der Waals surface area (Å²) in [6.45, 7) is 6.43. The van der Waals surface area contributed by atoms with Gasteiger partial charge in [0.25, 0.3) is 0 Å². The van der Waals surface area contributed by atoms with Crippen molar-refractivity contribution < 1.29 is 9.90 Å². The average Bonchev–Trinajstić information content (AvgIpc) is 2.76. The number of carboxylic acid groups (broad SMARTS) is 1. The van der Waals surface area contributed by atoms with Gasteiger partial charge in [-0.2, -0.15) is 0 Å². The third-order valence-electron chi connectivity index (χ3n) is 4.08. The summed E-state index contributed by atoms with van der Waals surface area (Å²) in [5, 5.41) is 9.95. The summed E-state index contributed by atoms with van der Waals surface area (Å²) in [6, 6.07) is 0.725. The van der Waals surface area contributed by atoms with E-state index in [0.717, 1.165) is 34.6 Å². The van der Waals surface area contributed by atoms with Gasteiger partial charge in [0, 0.05) is 23.9 Å². The van der Waals surface area contributed by atoms with E-state index in [1.165, 1.54) is 32.2 Å². The van der Waals surface area contributed by atoms with E-state index in [1.807, 2.05) is 6.92 Å². The summed E-state index contributed by atoms with van der Waals surface area (Å²) in [4.78, 5) is 18.8. The first kappa shape index (κ1) is 15.4. The van der Waals surface area contributed by atoms with E-state index in [9.17, 15) is 4.79 Å². The Labute approximate surface area is 124 Å². The molecule has 0 saturated carbocycles. The molecule has 1 unspecified atom stereocenters. The van der Waals surface area contributed by atoms with Crippen molar-refractivity contribution in [3.8, 4) is 0 Å². The molecule has 0 radical (unpaired) electrons. The van der Waals surface area contributed by atoms with Gasteiger partial charge in [-0.25, -0.2) is 4.98 Å². The van der Waals surface area contributed by atoms with Crippen molar-refractivity contribution >= 4 is 17.3 Å². The molecule has 1 saturated heterocycles. The monoisotopic (exact) mass is 296 g/mol. The second kappa shape index (κ2) is 7.18. The maximum absolute atomic E-state index is 10.8. The molecule has 1 aromatic heterocycles. The Balaban J connectivity index is 1.91. The van der Waals surface area contributed by atoms with Crippen molar-refractivity contribution in [1.82, 2.24) is 9.88 Å². The summed E-state index contributed by atoms with van der Waals surface area (Å²) in [5.74, 6) is -0.773. The minimum atomic E-state index is -0.773. The minimum Gasteiger partial charge on any atom is -0.481 e. The largest absolute Gasteiger partial charge is 0.481 e. The highest BCUT2D eigenvalue weighted by Crippen LogP contribution is 2.22. The molecule has 1 atom stereocenters. The van der Waals surface area contributed by atoms with Crippen LogP contribution in [-0.4, -0.2) is 40.1 Å². The van der Waals surface area contributed by atoms with Crippen molar-refractivity contribution in [2.45, 2.75) is 58.4 Å². The Morgan fingerprint density at radius 1 is 1.50 bits per heavy atom. The first-order valence-corrected chi connectivity index (χ1v) is 8.32. The normalized spacial score (nSPS) is 20.2. The summed E-state index contributed by atoms with van der Waals surface area (Å²) in [7, 11) is 0. The van der Waals surface area contributed by atoms with Crippen LogP contribution in [-0.2, 0) is 17.6 Å². The Morgan fingerprint density at radius 3 is 3.00 bits per heavy atom. The smallest absolute Gasteiger partial charge is 0.308 e. The van der Waals surface area contributed by atoms with Gasteiger partial charge in [-0.1, -0.05) is 13.3 Å². The molecule has 1 N–H and O–H groups in total. The molecule has 0 aliphatic carbocycles. The number of thiazole rings is 1. The molecule has 4 nitrogen and oxygen atoms in total. The molecule has 1 aromatic rings. The van der Waals surface area contributed by atoms with Gasteiger partial charge >= 0.3 is 5.97 Å². The van der Waals surface area contributed by atoms with Crippen LogP contribution < -0.4 is 0 Å². The number of carboxylic acids is 1. The number of likely N-dealkylation sites (tertiary alicyclic amines) is 1. The predicted molar refractivity (Wildman–Crippen MR) is 81.4 cm³/mol. The lowest BCUT2D eigenvalue weighted by Gasteiger charge is -2.34. The highest BCUT2D eigenvalue weighted by atomic mass is 32.1. The van der Waals surface area contributed by atoms with Gasteiger partial charge in [0.15, 0.2) is 0 Å². The molecule has 1 aliphatic heterocycles. The van der Waals surface area contributed by atoms with E-state index in [4.69, 9.17) is 5.11 Å². The van der Waals surface area contributed by atoms with Gasteiger partial charge in [0.05, 0.1) is 17.1 Å². The van der Waals surface area contributed by atoms with Gasteiger partial charge in [-0.05, 0) is 32.7 Å². The van der Waals surface area contributed by atoms with Crippen LogP contribution in [0.2, 0.25) is 0 Å². The molecular weight excluding hydrogens is 272 g/mol. The highest BCUT2D eigenvalue weighted by Gasteiger charge is 2.21. The van der Waals surface area contributed by atoms with Crippen molar-refractivity contribution in [2.24, 2.45) is 0 Å². The molecule has 0 aromatic carbocycles. The van der Waals surface area contributed by atoms with E-state index >= 15 is 0 Å². The maximum Gasteiger partial charge on any atom is 0.308 e. The van der Waals surface area contributed by atoms with E-state index in [2.05, 4.69) is 16.8 Å². The fourth-order valence-corrected chi connectivity index (χ4v) is 4.00. The second-order valence-electron chi connectivity index (χ2n) is 5.53. The van der Waals surface area contributed by atoms with Crippen LogP contribution in [0.25, 0.3) is 0 Å². The third kappa shape index (κ3) is 4.03. The molecule has 5 heteroatoms. The van der Waals surface area contributed by atoms with E-state index in [-0.39, 0.29) is 6.42 Å². The number of nitrogens with zero attached hydrogens (tertiary/aromatic N) is 2. The van der Waals surface area contributed by atoms with Crippen LogP contribution >= 0.6 is 11.3 Å². The Kier molecular flexibility index (Phi) is 5.54. The zero-order valence-corrected chi connectivity index (χ0v) is 13.2. The maximum atomic E-state index is 10.8. The third-order valence-corrected chi connectivity index (χ3v) is 5.30. The number of hydrogen-bond acceptors (Lipinski definition) is 4. The van der Waals surface area contributed by atoms with Crippen molar-refractivity contribution in [1.29, 1.82) is 0 Å².